The second kappa shape index (κ2) is 7.23. The van der Waals surface area contributed by atoms with Gasteiger partial charge in [0.2, 0.25) is 17.6 Å². The molecule has 124 valence electrons. The molecule has 2 aromatic rings. The minimum atomic E-state index is -0.173. The lowest BCUT2D eigenvalue weighted by molar-refractivity contribution is -0.123. The van der Waals surface area contributed by atoms with Crippen LogP contribution in [0, 0.1) is 0 Å². The average molecular weight is 334 g/mol. The predicted molar refractivity (Wildman–Crippen MR) is 88.9 cm³/mol. The van der Waals surface area contributed by atoms with Crippen molar-refractivity contribution in [3.05, 3.63) is 23.4 Å². The van der Waals surface area contributed by atoms with Crippen molar-refractivity contribution in [3.63, 3.8) is 0 Å². The lowest BCUT2D eigenvalue weighted by Crippen LogP contribution is -2.51. The van der Waals surface area contributed by atoms with Crippen molar-refractivity contribution in [2.75, 3.05) is 6.54 Å². The standard InChI is InChI=1S/C16H22N4O2S/c17-11-16(8-1-2-9-16)19-13(21)6-3-7-14-18-15(20-22-14)12-5-4-10-23-12/h4-5,10H,1-3,6-9,11,17H2,(H,19,21). The maximum atomic E-state index is 12.1. The number of thiophene rings is 1. The number of nitrogens with zero attached hydrogens (tertiary/aromatic N) is 2. The summed E-state index contributed by atoms with van der Waals surface area (Å²) in [5, 5.41) is 9.08. The minimum Gasteiger partial charge on any atom is -0.349 e. The van der Waals surface area contributed by atoms with Crippen LogP contribution in [-0.4, -0.2) is 28.1 Å². The van der Waals surface area contributed by atoms with Crippen molar-refractivity contribution in [1.82, 2.24) is 15.5 Å². The number of nitrogens with two attached hydrogens (primary N) is 1. The van der Waals surface area contributed by atoms with Crippen molar-refractivity contribution in [2.24, 2.45) is 5.73 Å². The van der Waals surface area contributed by atoms with E-state index in [1.54, 1.807) is 11.3 Å². The Morgan fingerprint density at radius 1 is 1.43 bits per heavy atom. The van der Waals surface area contributed by atoms with E-state index in [1.807, 2.05) is 17.5 Å². The molecule has 0 radical (unpaired) electrons. The summed E-state index contributed by atoms with van der Waals surface area (Å²) in [7, 11) is 0. The van der Waals surface area contributed by atoms with E-state index in [4.69, 9.17) is 10.3 Å². The highest BCUT2D eigenvalue weighted by Gasteiger charge is 2.33. The molecule has 0 bridgehead atoms. The molecule has 1 saturated carbocycles. The first kappa shape index (κ1) is 16.1. The second-order valence-electron chi connectivity index (χ2n) is 6.08. The average Bonchev–Trinajstić information content (AvgIpc) is 3.29. The molecule has 1 aliphatic carbocycles. The Kier molecular flexibility index (Phi) is 5.07. The van der Waals surface area contributed by atoms with Crippen molar-refractivity contribution in [2.45, 2.75) is 50.5 Å². The van der Waals surface area contributed by atoms with Gasteiger partial charge < -0.3 is 15.6 Å². The number of carbonyl (C=O) groups excluding carboxylic acids is 1. The van der Waals surface area contributed by atoms with Crippen LogP contribution in [0.15, 0.2) is 22.0 Å². The molecule has 0 spiro atoms. The molecule has 7 heteroatoms. The Labute approximate surface area is 139 Å². The highest BCUT2D eigenvalue weighted by atomic mass is 32.1. The largest absolute Gasteiger partial charge is 0.349 e. The second-order valence-corrected chi connectivity index (χ2v) is 7.03. The number of amides is 1. The van der Waals surface area contributed by atoms with E-state index in [2.05, 4.69) is 15.5 Å². The zero-order chi connectivity index (χ0) is 16.1. The first-order valence-corrected chi connectivity index (χ1v) is 8.96. The summed E-state index contributed by atoms with van der Waals surface area (Å²) in [5.41, 5.74) is 5.67. The number of nitrogens with one attached hydrogen (secondary N) is 1. The van der Waals surface area contributed by atoms with Gasteiger partial charge in [0, 0.05) is 19.4 Å². The van der Waals surface area contributed by atoms with Gasteiger partial charge in [-0.2, -0.15) is 4.98 Å². The smallest absolute Gasteiger partial charge is 0.226 e. The van der Waals surface area contributed by atoms with Crippen molar-refractivity contribution in [3.8, 4) is 10.7 Å². The Balaban J connectivity index is 1.45. The molecule has 3 rings (SSSR count). The van der Waals surface area contributed by atoms with Gasteiger partial charge in [-0.05, 0) is 30.7 Å². The fraction of sp³-hybridized carbons (Fsp3) is 0.562. The van der Waals surface area contributed by atoms with Gasteiger partial charge in [-0.15, -0.1) is 11.3 Å². The molecule has 23 heavy (non-hydrogen) atoms. The van der Waals surface area contributed by atoms with E-state index in [-0.39, 0.29) is 11.4 Å². The molecule has 0 aliphatic heterocycles. The molecular formula is C16H22N4O2S. The number of aromatic nitrogens is 2. The van der Waals surface area contributed by atoms with Crippen LogP contribution in [0.1, 0.15) is 44.4 Å². The van der Waals surface area contributed by atoms with Gasteiger partial charge in [-0.25, -0.2) is 0 Å². The van der Waals surface area contributed by atoms with Gasteiger partial charge in [0.25, 0.3) is 0 Å². The molecular weight excluding hydrogens is 312 g/mol. The number of carbonyl (C=O) groups is 1. The van der Waals surface area contributed by atoms with Crippen molar-refractivity contribution < 1.29 is 9.32 Å². The van der Waals surface area contributed by atoms with Crippen LogP contribution in [-0.2, 0) is 11.2 Å². The van der Waals surface area contributed by atoms with Gasteiger partial charge in [0.1, 0.15) is 0 Å². The summed E-state index contributed by atoms with van der Waals surface area (Å²) in [5.74, 6) is 1.26. The summed E-state index contributed by atoms with van der Waals surface area (Å²) in [6.45, 7) is 0.520. The monoisotopic (exact) mass is 334 g/mol. The number of hydrogen-bond acceptors (Lipinski definition) is 6. The summed E-state index contributed by atoms with van der Waals surface area (Å²) >= 11 is 1.58. The van der Waals surface area contributed by atoms with E-state index in [0.717, 1.165) is 30.6 Å². The molecule has 1 amide bonds. The van der Waals surface area contributed by atoms with E-state index in [9.17, 15) is 4.79 Å². The van der Waals surface area contributed by atoms with Crippen LogP contribution in [0.4, 0.5) is 0 Å². The third-order valence-electron chi connectivity index (χ3n) is 4.36. The van der Waals surface area contributed by atoms with E-state index >= 15 is 0 Å². The molecule has 1 aliphatic rings. The summed E-state index contributed by atoms with van der Waals surface area (Å²) in [6, 6.07) is 3.91. The normalized spacial score (nSPS) is 16.6. The van der Waals surface area contributed by atoms with Crippen LogP contribution in [0.25, 0.3) is 10.7 Å². The molecule has 0 aromatic carbocycles. The Bertz CT molecular complexity index is 632. The zero-order valence-electron chi connectivity index (χ0n) is 13.1. The lowest BCUT2D eigenvalue weighted by Gasteiger charge is -2.28. The Morgan fingerprint density at radius 2 is 2.26 bits per heavy atom. The van der Waals surface area contributed by atoms with Gasteiger partial charge >= 0.3 is 0 Å². The number of aryl methyl sites for hydroxylation is 1. The lowest BCUT2D eigenvalue weighted by atomic mass is 9.97. The summed E-state index contributed by atoms with van der Waals surface area (Å²) < 4.78 is 5.24. The molecule has 0 saturated heterocycles. The highest BCUT2D eigenvalue weighted by molar-refractivity contribution is 7.13. The SMILES string of the molecule is NCC1(NC(=O)CCCc2nc(-c3cccs3)no2)CCCC1. The quantitative estimate of drug-likeness (QED) is 0.811. The van der Waals surface area contributed by atoms with Gasteiger partial charge in [-0.3, -0.25) is 4.79 Å². The fourth-order valence-corrected chi connectivity index (χ4v) is 3.70. The molecule has 1 fully saturated rings. The topological polar surface area (TPSA) is 94.0 Å². The van der Waals surface area contributed by atoms with Crippen molar-refractivity contribution in [1.29, 1.82) is 0 Å². The number of rotatable bonds is 7. The van der Waals surface area contributed by atoms with Crippen LogP contribution in [0.3, 0.4) is 0 Å². The third kappa shape index (κ3) is 3.97. The van der Waals surface area contributed by atoms with E-state index < -0.39 is 0 Å². The molecule has 0 atom stereocenters. The zero-order valence-corrected chi connectivity index (χ0v) is 13.9. The molecule has 2 heterocycles. The van der Waals surface area contributed by atoms with Crippen LogP contribution in [0.2, 0.25) is 0 Å². The maximum absolute atomic E-state index is 12.1. The van der Waals surface area contributed by atoms with Crippen molar-refractivity contribution >= 4 is 17.2 Å². The number of hydrogen-bond donors (Lipinski definition) is 2. The van der Waals surface area contributed by atoms with Gasteiger partial charge in [0.05, 0.1) is 10.4 Å². The molecule has 2 aromatic heterocycles. The first-order valence-electron chi connectivity index (χ1n) is 8.08. The van der Waals surface area contributed by atoms with E-state index in [0.29, 0.717) is 37.5 Å². The minimum absolute atomic E-state index is 0.0651. The molecule has 3 N–H and O–H groups in total. The summed E-state index contributed by atoms with van der Waals surface area (Å²) in [4.78, 5) is 17.5. The predicted octanol–water partition coefficient (Wildman–Crippen LogP) is 2.51. The molecule has 0 unspecified atom stereocenters. The maximum Gasteiger partial charge on any atom is 0.226 e. The molecule has 6 nitrogen and oxygen atoms in total. The van der Waals surface area contributed by atoms with Crippen LogP contribution >= 0.6 is 11.3 Å². The Hall–Kier alpha value is -1.73. The Morgan fingerprint density at radius 3 is 2.96 bits per heavy atom. The fourth-order valence-electron chi connectivity index (χ4n) is 3.05. The third-order valence-corrected chi connectivity index (χ3v) is 5.23. The highest BCUT2D eigenvalue weighted by Crippen LogP contribution is 2.28. The van der Waals surface area contributed by atoms with Gasteiger partial charge in [0.15, 0.2) is 0 Å². The summed E-state index contributed by atoms with van der Waals surface area (Å²) in [6.07, 6.45) is 6.03. The van der Waals surface area contributed by atoms with Crippen LogP contribution in [0.5, 0.6) is 0 Å². The first-order chi connectivity index (χ1) is 11.2. The van der Waals surface area contributed by atoms with Gasteiger partial charge in [-0.1, -0.05) is 24.1 Å². The van der Waals surface area contributed by atoms with E-state index in [1.165, 1.54) is 0 Å². The van der Waals surface area contributed by atoms with Crippen LogP contribution < -0.4 is 11.1 Å².